The van der Waals surface area contributed by atoms with E-state index in [1.54, 1.807) is 13.2 Å². The standard InChI is InChI=1S/C15H20BrNO3/c1-10(2)13(18)9-17-15(19)7-4-11-8-12(16)5-6-14(11)20-3/h4-8,10,13,18H,9H2,1-3H3,(H,17,19)/b7-4+. The van der Waals surface area contributed by atoms with Gasteiger partial charge in [0.15, 0.2) is 0 Å². The fraction of sp³-hybridized carbons (Fsp3) is 0.400. The quantitative estimate of drug-likeness (QED) is 0.782. The van der Waals surface area contributed by atoms with Crippen molar-refractivity contribution in [2.24, 2.45) is 5.92 Å². The lowest BCUT2D eigenvalue weighted by Crippen LogP contribution is -2.33. The number of methoxy groups -OCH3 is 1. The molecular weight excluding hydrogens is 322 g/mol. The third-order valence-electron chi connectivity index (χ3n) is 2.86. The third-order valence-corrected chi connectivity index (χ3v) is 3.35. The summed E-state index contributed by atoms with van der Waals surface area (Å²) in [5.41, 5.74) is 0.807. The molecule has 1 rings (SSSR count). The highest BCUT2D eigenvalue weighted by molar-refractivity contribution is 9.10. The zero-order valence-corrected chi connectivity index (χ0v) is 13.5. The van der Waals surface area contributed by atoms with Gasteiger partial charge in [-0.15, -0.1) is 0 Å². The van der Waals surface area contributed by atoms with Gasteiger partial charge in [-0.3, -0.25) is 4.79 Å². The summed E-state index contributed by atoms with van der Waals surface area (Å²) in [5.74, 6) is 0.565. The minimum atomic E-state index is -0.534. The lowest BCUT2D eigenvalue weighted by molar-refractivity contribution is -0.117. The second kappa shape index (κ2) is 8.07. The molecule has 0 radical (unpaired) electrons. The van der Waals surface area contributed by atoms with Gasteiger partial charge in [0.2, 0.25) is 5.91 Å². The Bertz CT molecular complexity index is 486. The van der Waals surface area contributed by atoms with Gasteiger partial charge >= 0.3 is 0 Å². The minimum Gasteiger partial charge on any atom is -0.496 e. The van der Waals surface area contributed by atoms with E-state index in [0.29, 0.717) is 5.75 Å². The Morgan fingerprint density at radius 2 is 2.20 bits per heavy atom. The van der Waals surface area contributed by atoms with Gasteiger partial charge in [0.1, 0.15) is 5.75 Å². The fourth-order valence-corrected chi connectivity index (χ4v) is 1.88. The number of nitrogens with one attached hydrogen (secondary N) is 1. The summed E-state index contributed by atoms with van der Waals surface area (Å²) in [7, 11) is 1.58. The van der Waals surface area contributed by atoms with E-state index in [2.05, 4.69) is 21.2 Å². The van der Waals surface area contributed by atoms with Crippen LogP contribution in [0.3, 0.4) is 0 Å². The van der Waals surface area contributed by atoms with E-state index in [1.165, 1.54) is 6.08 Å². The Hall–Kier alpha value is -1.33. The molecule has 2 N–H and O–H groups in total. The topological polar surface area (TPSA) is 58.6 Å². The number of hydrogen-bond donors (Lipinski definition) is 2. The highest BCUT2D eigenvalue weighted by atomic mass is 79.9. The predicted molar refractivity (Wildman–Crippen MR) is 83.6 cm³/mol. The largest absolute Gasteiger partial charge is 0.496 e. The third kappa shape index (κ3) is 5.35. The summed E-state index contributed by atoms with van der Waals surface area (Å²) in [4.78, 5) is 11.7. The van der Waals surface area contributed by atoms with E-state index in [0.717, 1.165) is 10.0 Å². The highest BCUT2D eigenvalue weighted by Gasteiger charge is 2.09. The van der Waals surface area contributed by atoms with E-state index in [-0.39, 0.29) is 18.4 Å². The van der Waals surface area contributed by atoms with Crippen LogP contribution in [0.1, 0.15) is 19.4 Å². The normalized spacial score (nSPS) is 12.7. The van der Waals surface area contributed by atoms with Gasteiger partial charge in [0, 0.05) is 22.7 Å². The van der Waals surface area contributed by atoms with Crippen LogP contribution < -0.4 is 10.1 Å². The Morgan fingerprint density at radius 1 is 1.50 bits per heavy atom. The smallest absolute Gasteiger partial charge is 0.244 e. The second-order valence-corrected chi connectivity index (χ2v) is 5.69. The fourth-order valence-electron chi connectivity index (χ4n) is 1.50. The van der Waals surface area contributed by atoms with Gasteiger partial charge in [-0.2, -0.15) is 0 Å². The first-order valence-corrected chi connectivity index (χ1v) is 7.21. The number of aliphatic hydroxyl groups is 1. The van der Waals surface area contributed by atoms with Crippen LogP contribution in [-0.4, -0.2) is 30.8 Å². The first-order chi connectivity index (χ1) is 9.43. The molecule has 0 fully saturated rings. The first kappa shape index (κ1) is 16.7. The maximum absolute atomic E-state index is 11.7. The number of carbonyl (C=O) groups is 1. The molecule has 0 aliphatic rings. The number of halogens is 1. The number of amides is 1. The number of ether oxygens (including phenoxy) is 1. The average molecular weight is 342 g/mol. The zero-order chi connectivity index (χ0) is 15.1. The number of hydrogen-bond acceptors (Lipinski definition) is 3. The summed E-state index contributed by atoms with van der Waals surface area (Å²) in [6, 6.07) is 5.56. The van der Waals surface area contributed by atoms with E-state index in [4.69, 9.17) is 4.74 Å². The van der Waals surface area contributed by atoms with Crippen molar-refractivity contribution in [3.05, 3.63) is 34.3 Å². The van der Waals surface area contributed by atoms with Gasteiger partial charge in [0.25, 0.3) is 0 Å². The van der Waals surface area contributed by atoms with Crippen LogP contribution in [0.4, 0.5) is 0 Å². The molecule has 110 valence electrons. The summed E-state index contributed by atoms with van der Waals surface area (Å²) >= 11 is 3.38. The summed E-state index contributed by atoms with van der Waals surface area (Å²) in [6.07, 6.45) is 2.57. The van der Waals surface area contributed by atoms with Crippen LogP contribution in [0.25, 0.3) is 6.08 Å². The summed E-state index contributed by atoms with van der Waals surface area (Å²) in [5, 5.41) is 12.3. The van der Waals surface area contributed by atoms with Crippen LogP contribution in [0.5, 0.6) is 5.75 Å². The summed E-state index contributed by atoms with van der Waals surface area (Å²) in [6.45, 7) is 4.05. The molecule has 0 aromatic heterocycles. The second-order valence-electron chi connectivity index (χ2n) is 4.78. The molecule has 1 unspecified atom stereocenters. The van der Waals surface area contributed by atoms with Crippen LogP contribution in [0.2, 0.25) is 0 Å². The van der Waals surface area contributed by atoms with Crippen molar-refractivity contribution in [3.8, 4) is 5.75 Å². The van der Waals surface area contributed by atoms with Gasteiger partial charge < -0.3 is 15.2 Å². The summed E-state index contributed by atoms with van der Waals surface area (Å²) < 4.78 is 6.13. The van der Waals surface area contributed by atoms with Crippen molar-refractivity contribution in [1.29, 1.82) is 0 Å². The Labute approximate surface area is 128 Å². The van der Waals surface area contributed by atoms with Crippen LogP contribution >= 0.6 is 15.9 Å². The molecule has 4 nitrogen and oxygen atoms in total. The molecular formula is C15H20BrNO3. The molecule has 20 heavy (non-hydrogen) atoms. The van der Waals surface area contributed by atoms with Gasteiger partial charge in [-0.1, -0.05) is 29.8 Å². The first-order valence-electron chi connectivity index (χ1n) is 6.41. The predicted octanol–water partition coefficient (Wildman–Crippen LogP) is 2.60. The van der Waals surface area contributed by atoms with E-state index < -0.39 is 6.10 Å². The van der Waals surface area contributed by atoms with Crippen LogP contribution in [0.15, 0.2) is 28.7 Å². The Balaban J connectivity index is 2.63. The number of benzene rings is 1. The van der Waals surface area contributed by atoms with Crippen LogP contribution in [0, 0.1) is 5.92 Å². The zero-order valence-electron chi connectivity index (χ0n) is 11.9. The van der Waals surface area contributed by atoms with Crippen molar-refractivity contribution in [2.75, 3.05) is 13.7 Å². The molecule has 0 aliphatic heterocycles. The average Bonchev–Trinajstić information content (AvgIpc) is 2.42. The molecule has 5 heteroatoms. The number of carbonyl (C=O) groups excluding carboxylic acids is 1. The van der Waals surface area contributed by atoms with Crippen molar-refractivity contribution in [1.82, 2.24) is 5.32 Å². The van der Waals surface area contributed by atoms with Gasteiger partial charge in [-0.25, -0.2) is 0 Å². The molecule has 0 heterocycles. The molecule has 0 bridgehead atoms. The maximum Gasteiger partial charge on any atom is 0.244 e. The van der Waals surface area contributed by atoms with Crippen molar-refractivity contribution >= 4 is 27.9 Å². The van der Waals surface area contributed by atoms with E-state index in [9.17, 15) is 9.90 Å². The van der Waals surface area contributed by atoms with Crippen molar-refractivity contribution < 1.29 is 14.6 Å². The lowest BCUT2D eigenvalue weighted by atomic mass is 10.1. The van der Waals surface area contributed by atoms with Crippen molar-refractivity contribution in [3.63, 3.8) is 0 Å². The number of aliphatic hydroxyl groups excluding tert-OH is 1. The van der Waals surface area contributed by atoms with Crippen molar-refractivity contribution in [2.45, 2.75) is 20.0 Å². The molecule has 0 spiro atoms. The molecule has 1 atom stereocenters. The lowest BCUT2D eigenvalue weighted by Gasteiger charge is -2.14. The molecule has 0 aliphatic carbocycles. The molecule has 0 saturated heterocycles. The monoisotopic (exact) mass is 341 g/mol. The Kier molecular flexibility index (Phi) is 6.75. The molecule has 1 amide bonds. The number of rotatable bonds is 6. The molecule has 0 saturated carbocycles. The maximum atomic E-state index is 11.7. The highest BCUT2D eigenvalue weighted by Crippen LogP contribution is 2.23. The van der Waals surface area contributed by atoms with Gasteiger partial charge in [-0.05, 0) is 30.2 Å². The van der Waals surface area contributed by atoms with Crippen LogP contribution in [-0.2, 0) is 4.79 Å². The van der Waals surface area contributed by atoms with E-state index >= 15 is 0 Å². The minimum absolute atomic E-state index is 0.115. The van der Waals surface area contributed by atoms with Gasteiger partial charge in [0.05, 0.1) is 13.2 Å². The SMILES string of the molecule is COc1ccc(Br)cc1/C=C/C(=O)NCC(O)C(C)C. The molecule has 1 aromatic rings. The Morgan fingerprint density at radius 3 is 2.80 bits per heavy atom. The van der Waals surface area contributed by atoms with E-state index in [1.807, 2.05) is 32.0 Å². The molecule has 1 aromatic carbocycles.